The summed E-state index contributed by atoms with van der Waals surface area (Å²) in [4.78, 5) is 27.5. The minimum Gasteiger partial charge on any atom is -0.484 e. The van der Waals surface area contributed by atoms with E-state index in [-0.39, 0.29) is 18.4 Å². The van der Waals surface area contributed by atoms with E-state index in [1.54, 1.807) is 4.90 Å². The van der Waals surface area contributed by atoms with E-state index in [0.29, 0.717) is 31.7 Å². The Labute approximate surface area is 180 Å². The number of amides is 2. The number of ether oxygens (including phenoxy) is 1. The van der Waals surface area contributed by atoms with Gasteiger partial charge < -0.3 is 15.0 Å². The number of carbonyl (C=O) groups excluding carboxylic acids is 2. The van der Waals surface area contributed by atoms with Gasteiger partial charge in [-0.25, -0.2) is 0 Å². The van der Waals surface area contributed by atoms with Crippen molar-refractivity contribution in [1.82, 2.24) is 10.2 Å². The fourth-order valence-corrected chi connectivity index (χ4v) is 3.51. The molecule has 0 saturated heterocycles. The van der Waals surface area contributed by atoms with E-state index in [2.05, 4.69) is 11.4 Å². The maximum absolute atomic E-state index is 13.1. The number of nitrogens with one attached hydrogen (secondary N) is 1. The minimum atomic E-state index is -0.504. The molecule has 2 aromatic carbocycles. The van der Waals surface area contributed by atoms with E-state index in [1.165, 1.54) is 0 Å². The summed E-state index contributed by atoms with van der Waals surface area (Å²) in [6, 6.07) is 15.4. The molecule has 1 atom stereocenters. The molecule has 5 heteroatoms. The molecule has 0 aromatic heterocycles. The zero-order chi connectivity index (χ0) is 21.9. The van der Waals surface area contributed by atoms with Crippen molar-refractivity contribution >= 4 is 11.8 Å². The molecule has 5 nitrogen and oxygen atoms in total. The maximum Gasteiger partial charge on any atom is 0.261 e. The first-order chi connectivity index (χ1) is 14.4. The largest absolute Gasteiger partial charge is 0.484 e. The summed E-state index contributed by atoms with van der Waals surface area (Å²) in [5.74, 6) is 0.392. The van der Waals surface area contributed by atoms with E-state index in [4.69, 9.17) is 4.74 Å². The SMILES string of the molecule is CCCNC(=O)[C@H](CC)N(CCc1ccccc1)C(=O)COc1cc(C)cc(C)c1. The Kier molecular flexibility index (Phi) is 9.39. The highest BCUT2D eigenvalue weighted by Crippen LogP contribution is 2.17. The van der Waals surface area contributed by atoms with Crippen LogP contribution in [0, 0.1) is 13.8 Å². The molecule has 1 N–H and O–H groups in total. The molecule has 2 aromatic rings. The van der Waals surface area contributed by atoms with Crippen LogP contribution in [0.25, 0.3) is 0 Å². The Morgan fingerprint density at radius 3 is 2.30 bits per heavy atom. The molecule has 0 bridgehead atoms. The van der Waals surface area contributed by atoms with Gasteiger partial charge in [-0.2, -0.15) is 0 Å². The molecule has 30 heavy (non-hydrogen) atoms. The van der Waals surface area contributed by atoms with Crippen molar-refractivity contribution in [1.29, 1.82) is 0 Å². The van der Waals surface area contributed by atoms with E-state index < -0.39 is 6.04 Å². The first-order valence-electron chi connectivity index (χ1n) is 10.8. The molecule has 2 amide bonds. The van der Waals surface area contributed by atoms with Gasteiger partial charge >= 0.3 is 0 Å². The molecule has 0 aliphatic rings. The topological polar surface area (TPSA) is 58.6 Å². The number of benzene rings is 2. The van der Waals surface area contributed by atoms with Gasteiger partial charge in [-0.15, -0.1) is 0 Å². The molecule has 0 spiro atoms. The predicted molar refractivity (Wildman–Crippen MR) is 121 cm³/mol. The third-order valence-electron chi connectivity index (χ3n) is 4.98. The zero-order valence-corrected chi connectivity index (χ0v) is 18.6. The monoisotopic (exact) mass is 410 g/mol. The summed E-state index contributed by atoms with van der Waals surface area (Å²) < 4.78 is 5.80. The number of rotatable bonds is 11. The summed E-state index contributed by atoms with van der Waals surface area (Å²) >= 11 is 0. The standard InChI is InChI=1S/C25H34N2O3/c1-5-13-26-25(29)23(6-2)27(14-12-21-10-8-7-9-11-21)24(28)18-30-22-16-19(3)15-20(4)17-22/h7-11,15-17,23H,5-6,12-14,18H2,1-4H3,(H,26,29)/t23-/m0/s1. The van der Waals surface area contributed by atoms with Gasteiger partial charge in [-0.3, -0.25) is 9.59 Å². The van der Waals surface area contributed by atoms with Crippen LogP contribution in [0.15, 0.2) is 48.5 Å². The maximum atomic E-state index is 13.1. The van der Waals surface area contributed by atoms with Gasteiger partial charge in [0.05, 0.1) is 0 Å². The first-order valence-corrected chi connectivity index (χ1v) is 10.8. The predicted octanol–water partition coefficient (Wildman–Crippen LogP) is 4.06. The second kappa shape index (κ2) is 12.0. The summed E-state index contributed by atoms with van der Waals surface area (Å²) in [5, 5.41) is 2.93. The molecule has 0 unspecified atom stereocenters. The summed E-state index contributed by atoms with van der Waals surface area (Å²) in [6.07, 6.45) is 2.10. The Bertz CT molecular complexity index is 800. The molecule has 162 valence electrons. The van der Waals surface area contributed by atoms with Crippen LogP contribution in [0.1, 0.15) is 43.4 Å². The Morgan fingerprint density at radius 2 is 1.70 bits per heavy atom. The van der Waals surface area contributed by atoms with Gasteiger partial charge in [0.15, 0.2) is 6.61 Å². The lowest BCUT2D eigenvalue weighted by Gasteiger charge is -2.30. The van der Waals surface area contributed by atoms with Gasteiger partial charge in [-0.05, 0) is 61.9 Å². The average Bonchev–Trinajstić information content (AvgIpc) is 2.73. The number of nitrogens with zero attached hydrogens (tertiary/aromatic N) is 1. The van der Waals surface area contributed by atoms with Crippen LogP contribution in [0.5, 0.6) is 5.75 Å². The first kappa shape index (κ1) is 23.5. The van der Waals surface area contributed by atoms with Crippen LogP contribution >= 0.6 is 0 Å². The molecular weight excluding hydrogens is 376 g/mol. The summed E-state index contributed by atoms with van der Waals surface area (Å²) in [6.45, 7) is 8.93. The fraction of sp³-hybridized carbons (Fsp3) is 0.440. The van der Waals surface area contributed by atoms with Crippen molar-refractivity contribution < 1.29 is 14.3 Å². The van der Waals surface area contributed by atoms with Crippen molar-refractivity contribution in [3.05, 3.63) is 65.2 Å². The minimum absolute atomic E-state index is 0.0881. The molecular formula is C25H34N2O3. The quantitative estimate of drug-likeness (QED) is 0.608. The normalized spacial score (nSPS) is 11.6. The van der Waals surface area contributed by atoms with E-state index >= 15 is 0 Å². The number of carbonyl (C=O) groups is 2. The van der Waals surface area contributed by atoms with Crippen molar-refractivity contribution in [2.75, 3.05) is 19.7 Å². The lowest BCUT2D eigenvalue weighted by atomic mass is 10.1. The Balaban J connectivity index is 2.12. The Morgan fingerprint density at radius 1 is 1.03 bits per heavy atom. The van der Waals surface area contributed by atoms with E-state index in [9.17, 15) is 9.59 Å². The highest BCUT2D eigenvalue weighted by Gasteiger charge is 2.28. The molecule has 0 aliphatic heterocycles. The number of hydrogen-bond donors (Lipinski definition) is 1. The third kappa shape index (κ3) is 7.21. The van der Waals surface area contributed by atoms with Crippen molar-refractivity contribution in [3.8, 4) is 5.75 Å². The number of aryl methyl sites for hydroxylation is 2. The smallest absolute Gasteiger partial charge is 0.261 e. The molecule has 0 heterocycles. The molecule has 0 aliphatic carbocycles. The van der Waals surface area contributed by atoms with Crippen LogP contribution in [-0.2, 0) is 16.0 Å². The fourth-order valence-electron chi connectivity index (χ4n) is 3.51. The van der Waals surface area contributed by atoms with E-state index in [0.717, 1.165) is 23.1 Å². The van der Waals surface area contributed by atoms with Crippen LogP contribution in [0.2, 0.25) is 0 Å². The van der Waals surface area contributed by atoms with Gasteiger partial charge in [0.1, 0.15) is 11.8 Å². The summed E-state index contributed by atoms with van der Waals surface area (Å²) in [5.41, 5.74) is 3.31. The van der Waals surface area contributed by atoms with Crippen molar-refractivity contribution in [2.45, 2.75) is 53.0 Å². The van der Waals surface area contributed by atoms with Crippen LogP contribution in [0.4, 0.5) is 0 Å². The van der Waals surface area contributed by atoms with E-state index in [1.807, 2.05) is 70.2 Å². The zero-order valence-electron chi connectivity index (χ0n) is 18.6. The molecule has 0 saturated carbocycles. The van der Waals surface area contributed by atoms with Gasteiger partial charge in [0.2, 0.25) is 5.91 Å². The van der Waals surface area contributed by atoms with Gasteiger partial charge in [0.25, 0.3) is 5.91 Å². The molecule has 0 radical (unpaired) electrons. The van der Waals surface area contributed by atoms with Crippen LogP contribution < -0.4 is 10.1 Å². The molecule has 0 fully saturated rings. The second-order valence-electron chi connectivity index (χ2n) is 7.65. The summed E-state index contributed by atoms with van der Waals surface area (Å²) in [7, 11) is 0. The highest BCUT2D eigenvalue weighted by molar-refractivity contribution is 5.88. The number of hydrogen-bond acceptors (Lipinski definition) is 3. The lowest BCUT2D eigenvalue weighted by molar-refractivity contribution is -0.142. The van der Waals surface area contributed by atoms with Crippen LogP contribution in [0.3, 0.4) is 0 Å². The highest BCUT2D eigenvalue weighted by atomic mass is 16.5. The lowest BCUT2D eigenvalue weighted by Crippen LogP contribution is -2.51. The third-order valence-corrected chi connectivity index (χ3v) is 4.98. The Hall–Kier alpha value is -2.82. The van der Waals surface area contributed by atoms with Gasteiger partial charge in [-0.1, -0.05) is 50.2 Å². The van der Waals surface area contributed by atoms with Crippen LogP contribution in [-0.4, -0.2) is 42.5 Å². The second-order valence-corrected chi connectivity index (χ2v) is 7.65. The van der Waals surface area contributed by atoms with Crippen molar-refractivity contribution in [2.24, 2.45) is 0 Å². The average molecular weight is 411 g/mol. The molecule has 2 rings (SSSR count). The van der Waals surface area contributed by atoms with Gasteiger partial charge in [0, 0.05) is 13.1 Å². The van der Waals surface area contributed by atoms with Crippen molar-refractivity contribution in [3.63, 3.8) is 0 Å².